The summed E-state index contributed by atoms with van der Waals surface area (Å²) in [7, 11) is 0. The standard InChI is InChI=1S/C27H33FN4O2/c1-16(2)31(17(3)4)27(34)22-14-20(28)6-7-23(22)32-18(5)25(21-10-13-30-15-24(21)32)26(33)19-8-11-29-12-9-19/h6-7,10,13-17,19,29H,8-9,11-12H2,1-5H3. The number of amides is 1. The lowest BCUT2D eigenvalue weighted by Crippen LogP contribution is -2.42. The molecule has 1 saturated heterocycles. The second-order valence-electron chi connectivity index (χ2n) is 9.64. The number of rotatable bonds is 6. The van der Waals surface area contributed by atoms with Gasteiger partial charge in [-0.1, -0.05) is 0 Å². The number of hydrogen-bond donors (Lipinski definition) is 1. The Morgan fingerprint density at radius 2 is 1.79 bits per heavy atom. The number of carbonyl (C=O) groups excluding carboxylic acids is 2. The van der Waals surface area contributed by atoms with Gasteiger partial charge in [0.05, 0.1) is 23.0 Å². The van der Waals surface area contributed by atoms with Gasteiger partial charge in [-0.2, -0.15) is 0 Å². The Morgan fingerprint density at radius 3 is 2.44 bits per heavy atom. The molecular formula is C27H33FN4O2. The third-order valence-corrected chi connectivity index (χ3v) is 6.74. The Labute approximate surface area is 200 Å². The van der Waals surface area contributed by atoms with Crippen LogP contribution in [0.25, 0.3) is 16.6 Å². The van der Waals surface area contributed by atoms with Crippen LogP contribution in [0.1, 0.15) is 66.9 Å². The average molecular weight is 465 g/mol. The highest BCUT2D eigenvalue weighted by molar-refractivity contribution is 6.11. The normalized spacial score (nSPS) is 14.8. The molecule has 1 amide bonds. The van der Waals surface area contributed by atoms with Crippen molar-refractivity contribution in [2.24, 2.45) is 5.92 Å². The van der Waals surface area contributed by atoms with Gasteiger partial charge >= 0.3 is 0 Å². The van der Waals surface area contributed by atoms with Gasteiger partial charge < -0.3 is 14.8 Å². The van der Waals surface area contributed by atoms with E-state index in [1.54, 1.807) is 23.4 Å². The van der Waals surface area contributed by atoms with Crippen molar-refractivity contribution >= 4 is 22.6 Å². The summed E-state index contributed by atoms with van der Waals surface area (Å²) in [5.41, 5.74) is 2.97. The van der Waals surface area contributed by atoms with Crippen molar-refractivity contribution in [3.8, 4) is 5.69 Å². The van der Waals surface area contributed by atoms with E-state index in [0.29, 0.717) is 11.3 Å². The predicted octanol–water partition coefficient (Wildman–Crippen LogP) is 4.91. The lowest BCUT2D eigenvalue weighted by Gasteiger charge is -2.31. The first-order chi connectivity index (χ1) is 16.2. The van der Waals surface area contributed by atoms with Crippen LogP contribution in [0.3, 0.4) is 0 Å². The molecule has 0 bridgehead atoms. The summed E-state index contributed by atoms with van der Waals surface area (Å²) in [6.45, 7) is 11.4. The fourth-order valence-electron chi connectivity index (χ4n) is 5.25. The first-order valence-electron chi connectivity index (χ1n) is 12.0. The van der Waals surface area contributed by atoms with Crippen LogP contribution in [-0.4, -0.2) is 51.3 Å². The van der Waals surface area contributed by atoms with Gasteiger partial charge in [0.2, 0.25) is 0 Å². The highest BCUT2D eigenvalue weighted by Gasteiger charge is 2.30. The van der Waals surface area contributed by atoms with Crippen LogP contribution >= 0.6 is 0 Å². The van der Waals surface area contributed by atoms with E-state index in [-0.39, 0.29) is 35.3 Å². The Kier molecular flexibility index (Phi) is 6.84. The van der Waals surface area contributed by atoms with E-state index >= 15 is 0 Å². The van der Waals surface area contributed by atoms with Crippen molar-refractivity contribution in [1.82, 2.24) is 19.8 Å². The smallest absolute Gasteiger partial charge is 0.256 e. The lowest BCUT2D eigenvalue weighted by atomic mass is 9.88. The number of carbonyl (C=O) groups is 2. The van der Waals surface area contributed by atoms with Crippen LogP contribution in [0.4, 0.5) is 4.39 Å². The van der Waals surface area contributed by atoms with Gasteiger partial charge in [-0.25, -0.2) is 4.39 Å². The van der Waals surface area contributed by atoms with Gasteiger partial charge in [0.15, 0.2) is 5.78 Å². The number of benzene rings is 1. The molecule has 4 rings (SSSR count). The highest BCUT2D eigenvalue weighted by atomic mass is 19.1. The van der Waals surface area contributed by atoms with Crippen molar-refractivity contribution in [3.63, 3.8) is 0 Å². The average Bonchev–Trinajstić information content (AvgIpc) is 3.10. The molecule has 0 unspecified atom stereocenters. The highest BCUT2D eigenvalue weighted by Crippen LogP contribution is 2.34. The molecule has 0 saturated carbocycles. The molecule has 1 aliphatic heterocycles. The van der Waals surface area contributed by atoms with Crippen LogP contribution in [-0.2, 0) is 0 Å². The van der Waals surface area contributed by atoms with E-state index in [1.807, 2.05) is 45.3 Å². The van der Waals surface area contributed by atoms with E-state index in [9.17, 15) is 14.0 Å². The fourth-order valence-corrected chi connectivity index (χ4v) is 5.25. The number of pyridine rings is 1. The predicted molar refractivity (Wildman–Crippen MR) is 132 cm³/mol. The number of nitrogens with one attached hydrogen (secondary N) is 1. The zero-order valence-electron chi connectivity index (χ0n) is 20.6. The van der Waals surface area contributed by atoms with Crippen molar-refractivity contribution < 1.29 is 14.0 Å². The molecule has 34 heavy (non-hydrogen) atoms. The summed E-state index contributed by atoms with van der Waals surface area (Å²) >= 11 is 0. The molecule has 7 heteroatoms. The second-order valence-corrected chi connectivity index (χ2v) is 9.64. The van der Waals surface area contributed by atoms with E-state index in [0.717, 1.165) is 42.5 Å². The summed E-state index contributed by atoms with van der Waals surface area (Å²) in [5.74, 6) is -0.637. The van der Waals surface area contributed by atoms with E-state index in [4.69, 9.17) is 0 Å². The van der Waals surface area contributed by atoms with Gasteiger partial charge in [0, 0.05) is 40.8 Å². The van der Waals surface area contributed by atoms with E-state index in [1.165, 1.54) is 12.1 Å². The van der Waals surface area contributed by atoms with Crippen LogP contribution in [0.2, 0.25) is 0 Å². The van der Waals surface area contributed by atoms with Gasteiger partial charge in [-0.15, -0.1) is 0 Å². The SMILES string of the molecule is Cc1c(C(=O)C2CCNCC2)c2ccncc2n1-c1ccc(F)cc1C(=O)N(C(C)C)C(C)C. The maximum Gasteiger partial charge on any atom is 0.256 e. The molecule has 0 aliphatic carbocycles. The minimum atomic E-state index is -0.474. The van der Waals surface area contributed by atoms with Crippen LogP contribution in [0.15, 0.2) is 36.7 Å². The van der Waals surface area contributed by atoms with Gasteiger partial charge in [0.1, 0.15) is 5.82 Å². The Hall–Kier alpha value is -3.06. The van der Waals surface area contributed by atoms with Crippen molar-refractivity contribution in [3.05, 3.63) is 59.3 Å². The number of ketones is 1. The van der Waals surface area contributed by atoms with Crippen molar-refractivity contribution in [2.75, 3.05) is 13.1 Å². The number of piperidine rings is 1. The van der Waals surface area contributed by atoms with Gasteiger partial charge in [-0.05, 0) is 84.8 Å². The molecule has 0 spiro atoms. The molecule has 1 aliphatic rings. The summed E-state index contributed by atoms with van der Waals surface area (Å²) in [6.07, 6.45) is 4.99. The molecular weight excluding hydrogens is 431 g/mol. The molecule has 2 aromatic heterocycles. The molecule has 3 heterocycles. The molecule has 0 radical (unpaired) electrons. The van der Waals surface area contributed by atoms with Crippen molar-refractivity contribution in [2.45, 2.75) is 59.5 Å². The van der Waals surface area contributed by atoms with E-state index < -0.39 is 5.82 Å². The molecule has 180 valence electrons. The molecule has 1 N–H and O–H groups in total. The number of hydrogen-bond acceptors (Lipinski definition) is 4. The summed E-state index contributed by atoms with van der Waals surface area (Å²) < 4.78 is 16.3. The van der Waals surface area contributed by atoms with E-state index in [2.05, 4.69) is 10.3 Å². The first kappa shape index (κ1) is 24.1. The Bertz CT molecular complexity index is 1220. The molecule has 1 fully saturated rings. The van der Waals surface area contributed by atoms with Crippen molar-refractivity contribution in [1.29, 1.82) is 0 Å². The Morgan fingerprint density at radius 1 is 1.12 bits per heavy atom. The summed E-state index contributed by atoms with van der Waals surface area (Å²) in [5, 5.41) is 4.12. The largest absolute Gasteiger partial charge is 0.334 e. The van der Waals surface area contributed by atoms with Crippen LogP contribution < -0.4 is 5.32 Å². The maximum absolute atomic E-state index is 14.4. The lowest BCUT2D eigenvalue weighted by molar-refractivity contribution is 0.0643. The number of fused-ring (bicyclic) bond motifs is 1. The quantitative estimate of drug-likeness (QED) is 0.526. The fraction of sp³-hybridized carbons (Fsp3) is 0.444. The third kappa shape index (κ3) is 4.25. The third-order valence-electron chi connectivity index (χ3n) is 6.74. The maximum atomic E-state index is 14.4. The second kappa shape index (κ2) is 9.66. The monoisotopic (exact) mass is 464 g/mol. The topological polar surface area (TPSA) is 67.2 Å². The van der Waals surface area contributed by atoms with Crippen LogP contribution in [0.5, 0.6) is 0 Å². The molecule has 3 aromatic rings. The first-order valence-corrected chi connectivity index (χ1v) is 12.0. The van der Waals surface area contributed by atoms with Gasteiger partial charge in [-0.3, -0.25) is 14.6 Å². The molecule has 0 atom stereocenters. The number of aromatic nitrogens is 2. The van der Waals surface area contributed by atoms with Gasteiger partial charge in [0.25, 0.3) is 5.91 Å². The Balaban J connectivity index is 1.93. The zero-order chi connectivity index (χ0) is 24.6. The van der Waals surface area contributed by atoms with Crippen LogP contribution in [0, 0.1) is 18.7 Å². The number of Topliss-reactive ketones (excluding diaryl/α,β-unsaturated/α-hetero) is 1. The molecule has 6 nitrogen and oxygen atoms in total. The summed E-state index contributed by atoms with van der Waals surface area (Å²) in [4.78, 5) is 33.4. The minimum Gasteiger partial charge on any atom is -0.334 e. The number of nitrogens with zero attached hydrogens (tertiary/aromatic N) is 3. The zero-order valence-corrected chi connectivity index (χ0v) is 20.6. The minimum absolute atomic E-state index is 0.0427. The number of halogens is 1. The molecule has 1 aromatic carbocycles. The summed E-state index contributed by atoms with van der Waals surface area (Å²) in [6, 6.07) is 6.03.